The molecule has 7 heteroatoms. The van der Waals surface area contributed by atoms with Crippen molar-refractivity contribution in [3.63, 3.8) is 0 Å². The first-order valence-electron chi connectivity index (χ1n) is 12.0. The molecule has 188 valence electrons. The van der Waals surface area contributed by atoms with Gasteiger partial charge in [0.15, 0.2) is 0 Å². The van der Waals surface area contributed by atoms with Crippen LogP contribution in [0, 0.1) is 13.8 Å². The minimum absolute atomic E-state index is 0.00347. The third kappa shape index (κ3) is 5.36. The van der Waals surface area contributed by atoms with E-state index in [1.54, 1.807) is 37.3 Å². The van der Waals surface area contributed by atoms with Crippen molar-refractivity contribution in [2.24, 2.45) is 0 Å². The van der Waals surface area contributed by atoms with Gasteiger partial charge >= 0.3 is 0 Å². The zero-order chi connectivity index (χ0) is 25.8. The van der Waals surface area contributed by atoms with E-state index in [2.05, 4.69) is 0 Å². The molecule has 0 saturated carbocycles. The molecule has 36 heavy (non-hydrogen) atoms. The highest BCUT2D eigenvalue weighted by molar-refractivity contribution is 6.46. The molecule has 1 fully saturated rings. The highest BCUT2D eigenvalue weighted by Gasteiger charge is 2.47. The maximum Gasteiger partial charge on any atom is 0.295 e. The van der Waals surface area contributed by atoms with Gasteiger partial charge in [-0.3, -0.25) is 9.59 Å². The van der Waals surface area contributed by atoms with Crippen molar-refractivity contribution in [3.05, 3.63) is 94.4 Å². The number of nitrogens with zero attached hydrogens (tertiary/aromatic N) is 1. The molecule has 0 bridgehead atoms. The monoisotopic (exact) mass is 489 g/mol. The first-order chi connectivity index (χ1) is 17.3. The Morgan fingerprint density at radius 1 is 1.06 bits per heavy atom. The van der Waals surface area contributed by atoms with Crippen LogP contribution in [-0.2, 0) is 20.9 Å². The molecule has 1 saturated heterocycles. The molecule has 0 radical (unpaired) electrons. The Bertz CT molecular complexity index is 1270. The number of rotatable bonds is 9. The summed E-state index contributed by atoms with van der Waals surface area (Å²) in [6, 6.07) is 17.7. The number of aliphatic hydroxyl groups is 1. The van der Waals surface area contributed by atoms with Gasteiger partial charge in [-0.1, -0.05) is 30.3 Å². The molecule has 1 N–H and O–H groups in total. The van der Waals surface area contributed by atoms with E-state index in [9.17, 15) is 14.7 Å². The van der Waals surface area contributed by atoms with Crippen LogP contribution in [0.4, 0.5) is 0 Å². The second-order valence-corrected chi connectivity index (χ2v) is 9.11. The summed E-state index contributed by atoms with van der Waals surface area (Å²) in [7, 11) is 0. The molecule has 1 unspecified atom stereocenters. The lowest BCUT2D eigenvalue weighted by molar-refractivity contribution is -0.140. The molecule has 4 rings (SSSR count). The number of Topliss-reactive ketones (excluding diaryl/α,β-unsaturated/α-hetero) is 1. The van der Waals surface area contributed by atoms with Gasteiger partial charge in [0.1, 0.15) is 35.7 Å². The molecule has 1 aromatic heterocycles. The second kappa shape index (κ2) is 10.8. The van der Waals surface area contributed by atoms with Crippen LogP contribution in [0.5, 0.6) is 5.75 Å². The topological polar surface area (TPSA) is 89.2 Å². The molecule has 0 spiro atoms. The van der Waals surface area contributed by atoms with Crippen LogP contribution in [0.3, 0.4) is 0 Å². The first-order valence-corrected chi connectivity index (χ1v) is 12.0. The fourth-order valence-electron chi connectivity index (χ4n) is 4.24. The first kappa shape index (κ1) is 25.3. The zero-order valence-electron chi connectivity index (χ0n) is 21.0. The minimum atomic E-state index is -0.844. The van der Waals surface area contributed by atoms with Crippen LogP contribution in [0.25, 0.3) is 5.76 Å². The molecule has 1 aliphatic heterocycles. The summed E-state index contributed by atoms with van der Waals surface area (Å²) in [6.07, 6.45) is -0.0169. The number of amides is 1. The predicted octanol–water partition coefficient (Wildman–Crippen LogP) is 5.32. The van der Waals surface area contributed by atoms with Gasteiger partial charge in [0.05, 0.1) is 18.3 Å². The van der Waals surface area contributed by atoms with Crippen LogP contribution < -0.4 is 4.74 Å². The molecule has 1 amide bonds. The van der Waals surface area contributed by atoms with E-state index in [0.29, 0.717) is 29.4 Å². The number of ether oxygens (including phenoxy) is 2. The lowest BCUT2D eigenvalue weighted by Gasteiger charge is -2.23. The third-order valence-corrected chi connectivity index (χ3v) is 6.04. The van der Waals surface area contributed by atoms with E-state index in [4.69, 9.17) is 13.9 Å². The summed E-state index contributed by atoms with van der Waals surface area (Å²) >= 11 is 0. The van der Waals surface area contributed by atoms with Gasteiger partial charge in [0.25, 0.3) is 11.7 Å². The van der Waals surface area contributed by atoms with Gasteiger partial charge in [0.2, 0.25) is 0 Å². The Hall–Kier alpha value is -3.84. The summed E-state index contributed by atoms with van der Waals surface area (Å²) in [4.78, 5) is 27.5. The fraction of sp³-hybridized carbons (Fsp3) is 0.310. The molecule has 7 nitrogen and oxygen atoms in total. The van der Waals surface area contributed by atoms with Crippen LogP contribution in [0.15, 0.2) is 70.7 Å². The zero-order valence-corrected chi connectivity index (χ0v) is 21.0. The van der Waals surface area contributed by atoms with Gasteiger partial charge in [0, 0.05) is 12.1 Å². The smallest absolute Gasteiger partial charge is 0.295 e. The number of furan rings is 1. The second-order valence-electron chi connectivity index (χ2n) is 9.11. The van der Waals surface area contributed by atoms with Crippen molar-refractivity contribution < 1.29 is 28.6 Å². The highest BCUT2D eigenvalue weighted by atomic mass is 16.5. The number of carbonyl (C=O) groups excluding carboxylic acids is 2. The van der Waals surface area contributed by atoms with E-state index in [1.807, 2.05) is 51.1 Å². The van der Waals surface area contributed by atoms with Crippen molar-refractivity contribution >= 4 is 17.4 Å². The van der Waals surface area contributed by atoms with Crippen LogP contribution in [-0.4, -0.2) is 41.0 Å². The highest BCUT2D eigenvalue weighted by Crippen LogP contribution is 2.40. The minimum Gasteiger partial charge on any atom is -0.507 e. The van der Waals surface area contributed by atoms with E-state index in [-0.39, 0.29) is 30.6 Å². The largest absolute Gasteiger partial charge is 0.507 e. The van der Waals surface area contributed by atoms with Crippen LogP contribution in [0.1, 0.15) is 48.1 Å². The maximum atomic E-state index is 13.1. The van der Waals surface area contributed by atoms with E-state index >= 15 is 0 Å². The Labute approximate surface area is 210 Å². The van der Waals surface area contributed by atoms with Crippen LogP contribution in [0.2, 0.25) is 0 Å². The number of aryl methyl sites for hydroxylation is 2. The number of hydrogen-bond acceptors (Lipinski definition) is 6. The Morgan fingerprint density at radius 3 is 2.44 bits per heavy atom. The quantitative estimate of drug-likeness (QED) is 0.249. The molecule has 2 heterocycles. The van der Waals surface area contributed by atoms with Crippen molar-refractivity contribution in [1.82, 2.24) is 4.90 Å². The number of hydrogen-bond donors (Lipinski definition) is 1. The Morgan fingerprint density at radius 2 is 1.81 bits per heavy atom. The van der Waals surface area contributed by atoms with Crippen molar-refractivity contribution in [2.45, 2.75) is 46.4 Å². The van der Waals surface area contributed by atoms with Crippen LogP contribution >= 0.6 is 0 Å². The van der Waals surface area contributed by atoms with Gasteiger partial charge in [-0.25, -0.2) is 0 Å². The molecular formula is C29H31NO6. The number of benzene rings is 2. The molecule has 0 aliphatic carbocycles. The molecule has 1 atom stereocenters. The number of likely N-dealkylation sites (tertiary alicyclic amines) is 1. The lowest BCUT2D eigenvalue weighted by Crippen LogP contribution is -2.33. The van der Waals surface area contributed by atoms with Crippen molar-refractivity contribution in [1.29, 1.82) is 0 Å². The van der Waals surface area contributed by atoms with E-state index in [0.717, 1.165) is 11.1 Å². The Balaban J connectivity index is 1.65. The normalized spacial score (nSPS) is 17.2. The van der Waals surface area contributed by atoms with Crippen molar-refractivity contribution in [2.75, 3.05) is 13.2 Å². The average molecular weight is 490 g/mol. The molecule has 1 aliphatic rings. The molecule has 3 aromatic rings. The number of aliphatic hydroxyl groups excluding tert-OH is 1. The summed E-state index contributed by atoms with van der Waals surface area (Å²) in [5, 5.41) is 11.3. The SMILES string of the molecule is Cc1ccc(C2/C(=C(/O)c3ccc(OCc4ccccc4)c(C)c3)C(=O)C(=O)N2CCOC(C)C)o1. The summed E-state index contributed by atoms with van der Waals surface area (Å²) in [6.45, 7) is 8.31. The van der Waals surface area contributed by atoms with Gasteiger partial charge < -0.3 is 23.9 Å². The van der Waals surface area contributed by atoms with E-state index in [1.165, 1.54) is 4.90 Å². The number of ketones is 1. The average Bonchev–Trinajstić information content (AvgIpc) is 3.39. The van der Waals surface area contributed by atoms with Gasteiger partial charge in [-0.05, 0) is 69.2 Å². The number of carbonyl (C=O) groups is 2. The summed E-state index contributed by atoms with van der Waals surface area (Å²) in [5.41, 5.74) is 2.25. The predicted molar refractivity (Wildman–Crippen MR) is 135 cm³/mol. The lowest BCUT2D eigenvalue weighted by atomic mass is 9.98. The van der Waals surface area contributed by atoms with E-state index < -0.39 is 17.7 Å². The van der Waals surface area contributed by atoms with Gasteiger partial charge in [-0.15, -0.1) is 0 Å². The standard InChI is InChI=1S/C29H31NO6/c1-18(2)34-15-14-30-26(24-12-10-20(4)36-24)25(28(32)29(30)33)27(31)22-11-13-23(19(3)16-22)35-17-21-8-6-5-7-9-21/h5-13,16,18,26,31H,14-15,17H2,1-4H3/b27-25-. The van der Waals surface area contributed by atoms with Gasteiger partial charge in [-0.2, -0.15) is 0 Å². The fourth-order valence-corrected chi connectivity index (χ4v) is 4.24. The van der Waals surface area contributed by atoms with Crippen molar-refractivity contribution in [3.8, 4) is 5.75 Å². The summed E-state index contributed by atoms with van der Waals surface area (Å²) < 4.78 is 17.4. The molecular weight excluding hydrogens is 458 g/mol. The summed E-state index contributed by atoms with van der Waals surface area (Å²) in [5.74, 6) is 0.0278. The maximum absolute atomic E-state index is 13.1. The molecule has 2 aromatic carbocycles. The Kier molecular flexibility index (Phi) is 7.60. The third-order valence-electron chi connectivity index (χ3n) is 6.04.